The van der Waals surface area contributed by atoms with Crippen molar-refractivity contribution in [3.05, 3.63) is 0 Å². The summed E-state index contributed by atoms with van der Waals surface area (Å²) >= 11 is 0. The molecule has 66 valence electrons. The van der Waals surface area contributed by atoms with Crippen molar-refractivity contribution >= 4 is 0 Å². The minimum absolute atomic E-state index is 0.503. The van der Waals surface area contributed by atoms with Crippen LogP contribution in [0.4, 0.5) is 0 Å². The van der Waals surface area contributed by atoms with E-state index in [1.165, 1.54) is 12.8 Å². The van der Waals surface area contributed by atoms with Gasteiger partial charge in [0.05, 0.1) is 0 Å². The molecular formula is C9H19NO. The number of hydrogen-bond donors (Lipinski definition) is 1. The van der Waals surface area contributed by atoms with E-state index in [2.05, 4.69) is 18.7 Å². The number of rotatable bonds is 3. The second-order valence-electron chi connectivity index (χ2n) is 3.38. The lowest BCUT2D eigenvalue weighted by Crippen LogP contribution is -2.46. The van der Waals surface area contributed by atoms with Crippen LogP contribution in [0, 0.1) is 0 Å². The Morgan fingerprint density at radius 3 is 2.00 bits per heavy atom. The highest BCUT2D eigenvalue weighted by Gasteiger charge is 2.31. The fraction of sp³-hybridized carbons (Fsp3) is 1.00. The first-order valence-electron chi connectivity index (χ1n) is 4.70. The van der Waals surface area contributed by atoms with Crippen LogP contribution >= 0.6 is 0 Å². The van der Waals surface area contributed by atoms with E-state index in [0.717, 1.165) is 25.9 Å². The third kappa shape index (κ3) is 1.74. The van der Waals surface area contributed by atoms with E-state index < -0.39 is 5.72 Å². The topological polar surface area (TPSA) is 23.5 Å². The van der Waals surface area contributed by atoms with Crippen LogP contribution in [-0.4, -0.2) is 28.8 Å². The zero-order chi connectivity index (χ0) is 8.32. The highest BCUT2D eigenvalue weighted by Crippen LogP contribution is 2.24. The first kappa shape index (κ1) is 9.01. The summed E-state index contributed by atoms with van der Waals surface area (Å²) in [5.41, 5.74) is -0.503. The van der Waals surface area contributed by atoms with Crippen molar-refractivity contribution < 1.29 is 5.11 Å². The first-order chi connectivity index (χ1) is 5.23. The molecule has 1 rings (SSSR count). The molecule has 2 nitrogen and oxygen atoms in total. The van der Waals surface area contributed by atoms with Crippen LogP contribution in [0.2, 0.25) is 0 Å². The predicted octanol–water partition coefficient (Wildman–Crippen LogP) is 1.59. The Labute approximate surface area is 69.2 Å². The fourth-order valence-corrected chi connectivity index (χ4v) is 1.83. The minimum Gasteiger partial charge on any atom is -0.376 e. The van der Waals surface area contributed by atoms with Gasteiger partial charge >= 0.3 is 0 Å². The predicted molar refractivity (Wildman–Crippen MR) is 46.3 cm³/mol. The minimum atomic E-state index is -0.503. The van der Waals surface area contributed by atoms with Crippen LogP contribution < -0.4 is 0 Å². The van der Waals surface area contributed by atoms with Crippen molar-refractivity contribution in [2.75, 3.05) is 13.1 Å². The Balaban J connectivity index is 2.52. The van der Waals surface area contributed by atoms with E-state index in [0.29, 0.717) is 0 Å². The molecule has 1 aliphatic heterocycles. The normalized spacial score (nSPS) is 21.0. The third-order valence-electron chi connectivity index (χ3n) is 2.83. The van der Waals surface area contributed by atoms with Crippen LogP contribution in [0.25, 0.3) is 0 Å². The van der Waals surface area contributed by atoms with E-state index in [9.17, 15) is 5.11 Å². The quantitative estimate of drug-likeness (QED) is 0.672. The molecule has 0 bridgehead atoms. The maximum Gasteiger partial charge on any atom is 0.117 e. The second-order valence-corrected chi connectivity index (χ2v) is 3.38. The molecule has 1 fully saturated rings. The smallest absolute Gasteiger partial charge is 0.117 e. The number of likely N-dealkylation sites (tertiary alicyclic amines) is 1. The van der Waals surface area contributed by atoms with Crippen LogP contribution in [0.1, 0.15) is 39.5 Å². The van der Waals surface area contributed by atoms with Crippen molar-refractivity contribution in [2.45, 2.75) is 45.3 Å². The van der Waals surface area contributed by atoms with Gasteiger partial charge in [0.1, 0.15) is 5.72 Å². The molecule has 0 radical (unpaired) electrons. The number of hydrogen-bond acceptors (Lipinski definition) is 2. The molecule has 11 heavy (non-hydrogen) atoms. The average molecular weight is 157 g/mol. The molecule has 2 heteroatoms. The Morgan fingerprint density at radius 2 is 1.64 bits per heavy atom. The fourth-order valence-electron chi connectivity index (χ4n) is 1.83. The summed E-state index contributed by atoms with van der Waals surface area (Å²) in [7, 11) is 0. The zero-order valence-corrected chi connectivity index (χ0v) is 7.64. The summed E-state index contributed by atoms with van der Waals surface area (Å²) < 4.78 is 0. The summed E-state index contributed by atoms with van der Waals surface area (Å²) in [5, 5.41) is 10.1. The Bertz CT molecular complexity index is 115. The van der Waals surface area contributed by atoms with Crippen LogP contribution in [0.5, 0.6) is 0 Å². The van der Waals surface area contributed by atoms with E-state index in [1.807, 2.05) is 0 Å². The van der Waals surface area contributed by atoms with Crippen molar-refractivity contribution in [3.8, 4) is 0 Å². The van der Waals surface area contributed by atoms with Gasteiger partial charge < -0.3 is 5.11 Å². The molecule has 0 spiro atoms. The molecule has 1 N–H and O–H groups in total. The van der Waals surface area contributed by atoms with Crippen molar-refractivity contribution in [1.29, 1.82) is 0 Å². The zero-order valence-electron chi connectivity index (χ0n) is 7.64. The molecule has 0 aliphatic carbocycles. The van der Waals surface area contributed by atoms with Crippen molar-refractivity contribution in [2.24, 2.45) is 0 Å². The molecule has 0 unspecified atom stereocenters. The molecule has 0 saturated carbocycles. The van der Waals surface area contributed by atoms with E-state index in [-0.39, 0.29) is 0 Å². The maximum absolute atomic E-state index is 10.1. The lowest BCUT2D eigenvalue weighted by Gasteiger charge is -2.35. The molecule has 0 aromatic rings. The lowest BCUT2D eigenvalue weighted by atomic mass is 10.1. The SMILES string of the molecule is CCC(O)(CC)N1CCCC1. The Kier molecular flexibility index (Phi) is 2.90. The van der Waals surface area contributed by atoms with Crippen molar-refractivity contribution in [1.82, 2.24) is 4.90 Å². The molecule has 0 aromatic carbocycles. The molecular weight excluding hydrogens is 138 g/mol. The molecule has 1 aliphatic rings. The van der Waals surface area contributed by atoms with Crippen LogP contribution in [0.15, 0.2) is 0 Å². The van der Waals surface area contributed by atoms with Gasteiger partial charge in [0.15, 0.2) is 0 Å². The van der Waals surface area contributed by atoms with Gasteiger partial charge in [-0.3, -0.25) is 4.90 Å². The van der Waals surface area contributed by atoms with Gasteiger partial charge in [-0.25, -0.2) is 0 Å². The molecule has 1 heterocycles. The van der Waals surface area contributed by atoms with Crippen LogP contribution in [0.3, 0.4) is 0 Å². The Hall–Kier alpha value is -0.0800. The van der Waals surface area contributed by atoms with Gasteiger partial charge in [0.25, 0.3) is 0 Å². The van der Waals surface area contributed by atoms with Gasteiger partial charge in [-0.1, -0.05) is 13.8 Å². The summed E-state index contributed by atoms with van der Waals surface area (Å²) in [4.78, 5) is 2.22. The Morgan fingerprint density at radius 1 is 1.18 bits per heavy atom. The van der Waals surface area contributed by atoms with E-state index in [4.69, 9.17) is 0 Å². The van der Waals surface area contributed by atoms with E-state index in [1.54, 1.807) is 0 Å². The monoisotopic (exact) mass is 157 g/mol. The van der Waals surface area contributed by atoms with Gasteiger partial charge in [0, 0.05) is 13.1 Å². The number of aliphatic hydroxyl groups is 1. The molecule has 0 atom stereocenters. The highest BCUT2D eigenvalue weighted by atomic mass is 16.3. The van der Waals surface area contributed by atoms with Gasteiger partial charge in [-0.2, -0.15) is 0 Å². The van der Waals surface area contributed by atoms with Crippen molar-refractivity contribution in [3.63, 3.8) is 0 Å². The van der Waals surface area contributed by atoms with E-state index >= 15 is 0 Å². The van der Waals surface area contributed by atoms with Gasteiger partial charge in [-0.05, 0) is 25.7 Å². The molecule has 0 amide bonds. The summed E-state index contributed by atoms with van der Waals surface area (Å²) in [6, 6.07) is 0. The van der Waals surface area contributed by atoms with Crippen LogP contribution in [-0.2, 0) is 0 Å². The highest BCUT2D eigenvalue weighted by molar-refractivity contribution is 4.80. The summed E-state index contributed by atoms with van der Waals surface area (Å²) in [6.45, 7) is 6.28. The summed E-state index contributed by atoms with van der Waals surface area (Å²) in [6.07, 6.45) is 4.21. The summed E-state index contributed by atoms with van der Waals surface area (Å²) in [5.74, 6) is 0. The first-order valence-corrected chi connectivity index (χ1v) is 4.70. The van der Waals surface area contributed by atoms with Gasteiger partial charge in [0.2, 0.25) is 0 Å². The standard InChI is InChI=1S/C9H19NO/c1-3-9(11,4-2)10-7-5-6-8-10/h11H,3-8H2,1-2H3. The maximum atomic E-state index is 10.1. The number of nitrogens with zero attached hydrogens (tertiary/aromatic N) is 1. The molecule has 1 saturated heterocycles. The average Bonchev–Trinajstić information content (AvgIpc) is 2.55. The van der Waals surface area contributed by atoms with Gasteiger partial charge in [-0.15, -0.1) is 0 Å². The molecule has 0 aromatic heterocycles. The largest absolute Gasteiger partial charge is 0.376 e. The third-order valence-corrected chi connectivity index (χ3v) is 2.83. The lowest BCUT2D eigenvalue weighted by molar-refractivity contribution is -0.102. The second kappa shape index (κ2) is 3.55.